The van der Waals surface area contributed by atoms with E-state index in [4.69, 9.17) is 10.5 Å². The normalized spacial score (nSPS) is 24.6. The smallest absolute Gasteiger partial charge is 0.123 e. The maximum Gasteiger partial charge on any atom is 0.123 e. The Hall–Kier alpha value is -1.17. The lowest BCUT2D eigenvalue weighted by atomic mass is 9.98. The van der Waals surface area contributed by atoms with Gasteiger partial charge in [0.25, 0.3) is 0 Å². The van der Waals surface area contributed by atoms with Gasteiger partial charge in [0.2, 0.25) is 0 Å². The summed E-state index contributed by atoms with van der Waals surface area (Å²) in [5.41, 5.74) is 6.40. The van der Waals surface area contributed by atoms with Gasteiger partial charge < -0.3 is 15.6 Å². The van der Waals surface area contributed by atoms with Gasteiger partial charge in [-0.15, -0.1) is 0 Å². The number of nitrogens with two attached hydrogens (primary N) is 1. The number of aromatic hydroxyl groups is 1. The van der Waals surface area contributed by atoms with E-state index in [1.54, 1.807) is 7.11 Å². The Morgan fingerprint density at radius 1 is 1.53 bits per heavy atom. The third-order valence-corrected chi connectivity index (χ3v) is 3.81. The van der Waals surface area contributed by atoms with Crippen molar-refractivity contribution in [1.82, 2.24) is 4.90 Å². The number of ether oxygens (including phenoxy) is 1. The Labute approximate surface area is 113 Å². The molecule has 1 aliphatic heterocycles. The highest BCUT2D eigenvalue weighted by molar-refractivity contribution is 5.32. The molecule has 4 nitrogen and oxygen atoms in total. The van der Waals surface area contributed by atoms with Crippen molar-refractivity contribution >= 4 is 0 Å². The van der Waals surface area contributed by atoms with Crippen LogP contribution in [0.4, 0.5) is 4.39 Å². The third kappa shape index (κ3) is 3.43. The van der Waals surface area contributed by atoms with Crippen LogP contribution in [0.15, 0.2) is 18.2 Å². The zero-order valence-corrected chi connectivity index (χ0v) is 11.2. The van der Waals surface area contributed by atoms with E-state index in [0.717, 1.165) is 19.4 Å². The SMILES string of the molecule is COC1CCN(Cc2cc(F)ccc2O)C(CN)C1. The Morgan fingerprint density at radius 3 is 3.00 bits per heavy atom. The van der Waals surface area contributed by atoms with Crippen molar-refractivity contribution in [3.05, 3.63) is 29.6 Å². The number of rotatable bonds is 4. The Bertz CT molecular complexity index is 428. The number of nitrogens with zero attached hydrogens (tertiary/aromatic N) is 1. The van der Waals surface area contributed by atoms with Crippen LogP contribution in [-0.2, 0) is 11.3 Å². The third-order valence-electron chi connectivity index (χ3n) is 3.81. The van der Waals surface area contributed by atoms with Crippen molar-refractivity contribution in [3.8, 4) is 5.75 Å². The molecule has 0 amide bonds. The van der Waals surface area contributed by atoms with E-state index in [9.17, 15) is 9.50 Å². The molecule has 19 heavy (non-hydrogen) atoms. The van der Waals surface area contributed by atoms with Gasteiger partial charge in [-0.2, -0.15) is 0 Å². The molecule has 5 heteroatoms. The molecule has 0 spiro atoms. The van der Waals surface area contributed by atoms with Gasteiger partial charge in [0.1, 0.15) is 11.6 Å². The van der Waals surface area contributed by atoms with E-state index in [-0.39, 0.29) is 23.7 Å². The number of halogens is 1. The molecular weight excluding hydrogens is 247 g/mol. The minimum atomic E-state index is -0.330. The van der Waals surface area contributed by atoms with Gasteiger partial charge in [0.05, 0.1) is 6.10 Å². The fourth-order valence-corrected chi connectivity index (χ4v) is 2.63. The predicted molar refractivity (Wildman–Crippen MR) is 71.3 cm³/mol. The molecule has 2 rings (SSSR count). The number of benzene rings is 1. The fraction of sp³-hybridized carbons (Fsp3) is 0.571. The molecule has 1 heterocycles. The Balaban J connectivity index is 2.07. The van der Waals surface area contributed by atoms with Crippen molar-refractivity contribution in [2.75, 3.05) is 20.2 Å². The van der Waals surface area contributed by atoms with Crippen LogP contribution in [0.2, 0.25) is 0 Å². The number of hydrogen-bond acceptors (Lipinski definition) is 4. The molecule has 1 fully saturated rings. The van der Waals surface area contributed by atoms with Gasteiger partial charge in [-0.05, 0) is 31.0 Å². The molecule has 0 saturated carbocycles. The van der Waals surface area contributed by atoms with Gasteiger partial charge in [0, 0.05) is 38.3 Å². The van der Waals surface area contributed by atoms with Crippen molar-refractivity contribution < 1.29 is 14.2 Å². The van der Waals surface area contributed by atoms with E-state index >= 15 is 0 Å². The van der Waals surface area contributed by atoms with Gasteiger partial charge in [0.15, 0.2) is 0 Å². The Kier molecular flexibility index (Phi) is 4.74. The fourth-order valence-electron chi connectivity index (χ4n) is 2.63. The highest BCUT2D eigenvalue weighted by Crippen LogP contribution is 2.25. The molecule has 106 valence electrons. The van der Waals surface area contributed by atoms with E-state index in [2.05, 4.69) is 4.90 Å². The molecule has 0 bridgehead atoms. The number of phenolic OH excluding ortho intramolecular Hbond substituents is 1. The van der Waals surface area contributed by atoms with Crippen LogP contribution < -0.4 is 5.73 Å². The quantitative estimate of drug-likeness (QED) is 0.868. The summed E-state index contributed by atoms with van der Waals surface area (Å²) < 4.78 is 18.6. The summed E-state index contributed by atoms with van der Waals surface area (Å²) in [5, 5.41) is 9.77. The van der Waals surface area contributed by atoms with E-state index in [0.29, 0.717) is 18.7 Å². The van der Waals surface area contributed by atoms with Crippen LogP contribution in [0.3, 0.4) is 0 Å². The maximum absolute atomic E-state index is 13.2. The lowest BCUT2D eigenvalue weighted by Gasteiger charge is -2.38. The van der Waals surface area contributed by atoms with E-state index < -0.39 is 0 Å². The summed E-state index contributed by atoms with van der Waals surface area (Å²) in [7, 11) is 1.71. The summed E-state index contributed by atoms with van der Waals surface area (Å²) in [5.74, 6) is -0.199. The zero-order chi connectivity index (χ0) is 13.8. The molecule has 1 saturated heterocycles. The van der Waals surface area contributed by atoms with Gasteiger partial charge >= 0.3 is 0 Å². The molecule has 1 aromatic rings. The van der Waals surface area contributed by atoms with Crippen LogP contribution in [0.1, 0.15) is 18.4 Å². The van der Waals surface area contributed by atoms with Gasteiger partial charge in [-0.3, -0.25) is 4.90 Å². The largest absolute Gasteiger partial charge is 0.508 e. The topological polar surface area (TPSA) is 58.7 Å². The molecule has 2 atom stereocenters. The van der Waals surface area contributed by atoms with Crippen molar-refractivity contribution in [1.29, 1.82) is 0 Å². The molecule has 3 N–H and O–H groups in total. The molecule has 0 radical (unpaired) electrons. The Morgan fingerprint density at radius 2 is 2.32 bits per heavy atom. The average Bonchev–Trinajstić information content (AvgIpc) is 2.43. The molecule has 2 unspecified atom stereocenters. The molecular formula is C14H21FN2O2. The minimum Gasteiger partial charge on any atom is -0.508 e. The number of phenols is 1. The summed E-state index contributed by atoms with van der Waals surface area (Å²) >= 11 is 0. The summed E-state index contributed by atoms with van der Waals surface area (Å²) in [6.07, 6.45) is 2.05. The molecule has 1 aromatic carbocycles. The monoisotopic (exact) mass is 268 g/mol. The second kappa shape index (κ2) is 6.32. The average molecular weight is 268 g/mol. The number of piperidine rings is 1. The zero-order valence-electron chi connectivity index (χ0n) is 11.2. The van der Waals surface area contributed by atoms with Crippen LogP contribution in [0.5, 0.6) is 5.75 Å². The first kappa shape index (κ1) is 14.2. The van der Waals surface area contributed by atoms with E-state index in [1.807, 2.05) is 0 Å². The highest BCUT2D eigenvalue weighted by Gasteiger charge is 2.27. The van der Waals surface area contributed by atoms with Crippen LogP contribution >= 0.6 is 0 Å². The van der Waals surface area contributed by atoms with Gasteiger partial charge in [-0.25, -0.2) is 4.39 Å². The van der Waals surface area contributed by atoms with Crippen molar-refractivity contribution in [2.45, 2.75) is 31.5 Å². The summed E-state index contributed by atoms with van der Waals surface area (Å²) in [4.78, 5) is 2.18. The lowest BCUT2D eigenvalue weighted by Crippen LogP contribution is -2.47. The molecule has 0 aromatic heterocycles. The first-order valence-corrected chi connectivity index (χ1v) is 6.58. The second-order valence-electron chi connectivity index (χ2n) is 5.02. The maximum atomic E-state index is 13.2. The van der Waals surface area contributed by atoms with Crippen LogP contribution in [-0.4, -0.2) is 42.4 Å². The van der Waals surface area contributed by atoms with Crippen molar-refractivity contribution in [2.24, 2.45) is 5.73 Å². The molecule has 1 aliphatic rings. The second-order valence-corrected chi connectivity index (χ2v) is 5.02. The standard InChI is InChI=1S/C14H21FN2O2/c1-19-13-4-5-17(12(7-13)8-16)9-10-6-11(15)2-3-14(10)18/h2-3,6,12-13,18H,4-5,7-9,16H2,1H3. The molecule has 0 aliphatic carbocycles. The summed E-state index contributed by atoms with van der Waals surface area (Å²) in [6, 6.07) is 4.24. The first-order valence-electron chi connectivity index (χ1n) is 6.58. The summed E-state index contributed by atoms with van der Waals surface area (Å²) in [6.45, 7) is 1.90. The van der Waals surface area contributed by atoms with Crippen LogP contribution in [0.25, 0.3) is 0 Å². The number of methoxy groups -OCH3 is 1. The van der Waals surface area contributed by atoms with Crippen molar-refractivity contribution in [3.63, 3.8) is 0 Å². The van der Waals surface area contributed by atoms with E-state index in [1.165, 1.54) is 18.2 Å². The highest BCUT2D eigenvalue weighted by atomic mass is 19.1. The van der Waals surface area contributed by atoms with Gasteiger partial charge in [-0.1, -0.05) is 0 Å². The predicted octanol–water partition coefficient (Wildman–Crippen LogP) is 1.47. The van der Waals surface area contributed by atoms with Crippen LogP contribution in [0, 0.1) is 5.82 Å². The minimum absolute atomic E-state index is 0.131. The number of hydrogen-bond donors (Lipinski definition) is 2. The number of likely N-dealkylation sites (tertiary alicyclic amines) is 1. The first-order chi connectivity index (χ1) is 9.13. The lowest BCUT2D eigenvalue weighted by molar-refractivity contribution is 0.00997.